The first-order chi connectivity index (χ1) is 14.0. The van der Waals surface area contributed by atoms with Crippen molar-refractivity contribution in [1.29, 1.82) is 0 Å². The van der Waals surface area contributed by atoms with Gasteiger partial charge in [-0.05, 0) is 44.2 Å². The summed E-state index contributed by atoms with van der Waals surface area (Å²) in [6, 6.07) is 6.13. The Kier molecular flexibility index (Phi) is 7.16. The summed E-state index contributed by atoms with van der Waals surface area (Å²) in [6.07, 6.45) is 7.15. The van der Waals surface area contributed by atoms with Gasteiger partial charge in [0, 0.05) is 37.9 Å². The number of piperidine rings is 1. The highest BCUT2D eigenvalue weighted by Crippen LogP contribution is 2.22. The molecule has 29 heavy (non-hydrogen) atoms. The van der Waals surface area contributed by atoms with Gasteiger partial charge in [-0.3, -0.25) is 14.6 Å². The molecule has 7 heteroatoms. The maximum absolute atomic E-state index is 12.5. The number of aromatic nitrogens is 2. The molecule has 1 aliphatic heterocycles. The van der Waals surface area contributed by atoms with E-state index in [9.17, 15) is 9.59 Å². The summed E-state index contributed by atoms with van der Waals surface area (Å²) in [5.41, 5.74) is 2.54. The summed E-state index contributed by atoms with van der Waals surface area (Å²) in [7, 11) is 0. The first-order valence-electron chi connectivity index (χ1n) is 10.1. The molecule has 0 bridgehead atoms. The van der Waals surface area contributed by atoms with Crippen molar-refractivity contribution < 1.29 is 14.3 Å². The fourth-order valence-corrected chi connectivity index (χ4v) is 3.53. The Bertz CT molecular complexity index is 813. The predicted octanol–water partition coefficient (Wildman–Crippen LogP) is 2.67. The Morgan fingerprint density at radius 1 is 1.17 bits per heavy atom. The Morgan fingerprint density at radius 3 is 2.55 bits per heavy atom. The number of nitrogens with one attached hydrogen (secondary N) is 1. The molecule has 0 atom stereocenters. The van der Waals surface area contributed by atoms with E-state index in [0.717, 1.165) is 29.7 Å². The average molecular weight is 396 g/mol. The van der Waals surface area contributed by atoms with Crippen molar-refractivity contribution in [2.24, 2.45) is 0 Å². The van der Waals surface area contributed by atoms with Crippen molar-refractivity contribution in [3.63, 3.8) is 0 Å². The molecule has 1 aromatic carbocycles. The number of benzene rings is 1. The zero-order chi connectivity index (χ0) is 20.6. The van der Waals surface area contributed by atoms with E-state index in [1.54, 1.807) is 0 Å². The third-order valence-electron chi connectivity index (χ3n) is 5.17. The van der Waals surface area contributed by atoms with Gasteiger partial charge in [-0.25, -0.2) is 4.98 Å². The number of hydrogen-bond donors (Lipinski definition) is 1. The number of carbonyl (C=O) groups is 2. The lowest BCUT2D eigenvalue weighted by atomic mass is 10.0. The molecule has 0 aliphatic carbocycles. The fourth-order valence-electron chi connectivity index (χ4n) is 3.53. The van der Waals surface area contributed by atoms with Crippen LogP contribution in [0.2, 0.25) is 0 Å². The third-order valence-corrected chi connectivity index (χ3v) is 5.17. The standard InChI is InChI=1S/C22H28N4O3/c1-16-5-3-6-17(2)21(16)29-14-4-7-20(27)26-12-8-18(9-13-26)25-22(28)19-15-23-10-11-24-19/h3,5-6,10-11,15,18H,4,7-9,12-14H2,1-2H3,(H,25,28). The van der Waals surface area contributed by atoms with Crippen LogP contribution >= 0.6 is 0 Å². The molecule has 0 radical (unpaired) electrons. The highest BCUT2D eigenvalue weighted by Gasteiger charge is 2.24. The monoisotopic (exact) mass is 396 g/mol. The maximum atomic E-state index is 12.5. The van der Waals surface area contributed by atoms with Crippen LogP contribution in [0.5, 0.6) is 5.75 Å². The van der Waals surface area contributed by atoms with E-state index in [4.69, 9.17) is 4.74 Å². The predicted molar refractivity (Wildman–Crippen MR) is 110 cm³/mol. The lowest BCUT2D eigenvalue weighted by Crippen LogP contribution is -2.46. The molecule has 1 fully saturated rings. The van der Waals surface area contributed by atoms with Gasteiger partial charge >= 0.3 is 0 Å². The summed E-state index contributed by atoms with van der Waals surface area (Å²) in [6.45, 7) is 5.90. The molecular weight excluding hydrogens is 368 g/mol. The lowest BCUT2D eigenvalue weighted by molar-refractivity contribution is -0.132. The number of aryl methyl sites for hydroxylation is 2. The van der Waals surface area contributed by atoms with Crippen LogP contribution in [0, 0.1) is 13.8 Å². The molecular formula is C22H28N4O3. The van der Waals surface area contributed by atoms with Gasteiger partial charge in [0.25, 0.3) is 5.91 Å². The van der Waals surface area contributed by atoms with Gasteiger partial charge in [0.1, 0.15) is 11.4 Å². The molecule has 154 valence electrons. The highest BCUT2D eigenvalue weighted by molar-refractivity contribution is 5.92. The van der Waals surface area contributed by atoms with Crippen molar-refractivity contribution in [3.05, 3.63) is 53.6 Å². The topological polar surface area (TPSA) is 84.4 Å². The van der Waals surface area contributed by atoms with Crippen LogP contribution in [-0.4, -0.2) is 52.4 Å². The number of likely N-dealkylation sites (tertiary alicyclic amines) is 1. The second kappa shape index (κ2) is 10.0. The van der Waals surface area contributed by atoms with Crippen LogP contribution in [-0.2, 0) is 4.79 Å². The minimum atomic E-state index is -0.216. The molecule has 1 saturated heterocycles. The molecule has 3 rings (SSSR count). The van der Waals surface area contributed by atoms with Gasteiger partial charge in [0.2, 0.25) is 5.91 Å². The van der Waals surface area contributed by atoms with E-state index in [1.807, 2.05) is 36.9 Å². The zero-order valence-corrected chi connectivity index (χ0v) is 17.1. The second-order valence-electron chi connectivity index (χ2n) is 7.39. The molecule has 2 heterocycles. The van der Waals surface area contributed by atoms with Gasteiger partial charge in [-0.2, -0.15) is 0 Å². The molecule has 1 aromatic heterocycles. The normalized spacial score (nSPS) is 14.5. The smallest absolute Gasteiger partial charge is 0.271 e. The summed E-state index contributed by atoms with van der Waals surface area (Å²) in [5.74, 6) is 0.847. The summed E-state index contributed by atoms with van der Waals surface area (Å²) >= 11 is 0. The van der Waals surface area contributed by atoms with E-state index in [0.29, 0.717) is 38.2 Å². The fraction of sp³-hybridized carbons (Fsp3) is 0.455. The van der Waals surface area contributed by atoms with Crippen molar-refractivity contribution in [2.45, 2.75) is 45.6 Å². The van der Waals surface area contributed by atoms with E-state index >= 15 is 0 Å². The Hall–Kier alpha value is -2.96. The highest BCUT2D eigenvalue weighted by atomic mass is 16.5. The molecule has 1 N–H and O–H groups in total. The molecule has 7 nitrogen and oxygen atoms in total. The van der Waals surface area contributed by atoms with Crippen molar-refractivity contribution in [1.82, 2.24) is 20.2 Å². The summed E-state index contributed by atoms with van der Waals surface area (Å²) in [5, 5.41) is 2.98. The van der Waals surface area contributed by atoms with Crippen LogP contribution < -0.4 is 10.1 Å². The number of amides is 2. The van der Waals surface area contributed by atoms with Crippen LogP contribution in [0.1, 0.15) is 47.3 Å². The number of rotatable bonds is 7. The molecule has 1 aliphatic rings. The molecule has 2 aromatic rings. The lowest BCUT2D eigenvalue weighted by Gasteiger charge is -2.32. The SMILES string of the molecule is Cc1cccc(C)c1OCCCC(=O)N1CCC(NC(=O)c2cnccn2)CC1. The maximum Gasteiger partial charge on any atom is 0.271 e. The molecule has 2 amide bonds. The van der Waals surface area contributed by atoms with E-state index in [-0.39, 0.29) is 17.9 Å². The zero-order valence-electron chi connectivity index (χ0n) is 17.1. The Morgan fingerprint density at radius 2 is 1.90 bits per heavy atom. The number of hydrogen-bond acceptors (Lipinski definition) is 5. The molecule has 0 spiro atoms. The van der Waals surface area contributed by atoms with Crippen LogP contribution in [0.3, 0.4) is 0 Å². The van der Waals surface area contributed by atoms with Gasteiger partial charge < -0.3 is 15.0 Å². The van der Waals surface area contributed by atoms with Gasteiger partial charge in [0.15, 0.2) is 0 Å². The van der Waals surface area contributed by atoms with Crippen LogP contribution in [0.25, 0.3) is 0 Å². The quantitative estimate of drug-likeness (QED) is 0.728. The Balaban J connectivity index is 1.36. The Labute approximate surface area is 171 Å². The summed E-state index contributed by atoms with van der Waals surface area (Å²) < 4.78 is 5.88. The molecule has 0 unspecified atom stereocenters. The summed E-state index contributed by atoms with van der Waals surface area (Å²) in [4.78, 5) is 34.4. The van der Waals surface area contributed by atoms with Gasteiger partial charge in [-0.1, -0.05) is 18.2 Å². The first kappa shape index (κ1) is 20.8. The second-order valence-corrected chi connectivity index (χ2v) is 7.39. The average Bonchev–Trinajstić information content (AvgIpc) is 2.74. The third kappa shape index (κ3) is 5.76. The minimum absolute atomic E-state index is 0.0564. The minimum Gasteiger partial charge on any atom is -0.493 e. The number of para-hydroxylation sites is 1. The van der Waals surface area contributed by atoms with E-state index in [2.05, 4.69) is 15.3 Å². The van der Waals surface area contributed by atoms with Crippen molar-refractivity contribution >= 4 is 11.8 Å². The number of carbonyl (C=O) groups excluding carboxylic acids is 2. The number of nitrogens with zero attached hydrogens (tertiary/aromatic N) is 3. The van der Waals surface area contributed by atoms with Gasteiger partial charge in [0.05, 0.1) is 12.8 Å². The van der Waals surface area contributed by atoms with Crippen molar-refractivity contribution in [3.8, 4) is 5.75 Å². The van der Waals surface area contributed by atoms with Crippen molar-refractivity contribution in [2.75, 3.05) is 19.7 Å². The van der Waals surface area contributed by atoms with Crippen LogP contribution in [0.4, 0.5) is 0 Å². The number of ether oxygens (including phenoxy) is 1. The van der Waals surface area contributed by atoms with Gasteiger partial charge in [-0.15, -0.1) is 0 Å². The first-order valence-corrected chi connectivity index (χ1v) is 10.1. The molecule has 0 saturated carbocycles. The van der Waals surface area contributed by atoms with Crippen LogP contribution in [0.15, 0.2) is 36.8 Å². The van der Waals surface area contributed by atoms with E-state index in [1.165, 1.54) is 18.6 Å². The van der Waals surface area contributed by atoms with E-state index < -0.39 is 0 Å². The largest absolute Gasteiger partial charge is 0.493 e.